The second-order valence-corrected chi connectivity index (χ2v) is 7.52. The lowest BCUT2D eigenvalue weighted by atomic mass is 10.0. The molecule has 0 spiro atoms. The fourth-order valence-electron chi connectivity index (χ4n) is 4.07. The molecule has 7 heteroatoms. The zero-order valence-electron chi connectivity index (χ0n) is 18.0. The van der Waals surface area contributed by atoms with Gasteiger partial charge in [-0.15, -0.1) is 0 Å². The Morgan fingerprint density at radius 1 is 0.774 bits per heavy atom. The Morgan fingerprint density at radius 3 is 1.90 bits per heavy atom. The molecule has 0 saturated carbocycles. The van der Waals surface area contributed by atoms with Crippen LogP contribution >= 0.6 is 0 Å². The molecule has 2 amide bonds. The summed E-state index contributed by atoms with van der Waals surface area (Å²) in [6, 6.07) is 9.16. The molecule has 0 N–H and O–H groups in total. The second-order valence-electron chi connectivity index (χ2n) is 7.52. The molecule has 1 fully saturated rings. The molecule has 31 heavy (non-hydrogen) atoms. The highest BCUT2D eigenvalue weighted by Gasteiger charge is 2.27. The van der Waals surface area contributed by atoms with Crippen LogP contribution in [0, 0.1) is 0 Å². The summed E-state index contributed by atoms with van der Waals surface area (Å²) >= 11 is 0. The van der Waals surface area contributed by atoms with E-state index >= 15 is 0 Å². The predicted molar refractivity (Wildman–Crippen MR) is 117 cm³/mol. The summed E-state index contributed by atoms with van der Waals surface area (Å²) in [5.74, 6) is 1.20. The Balaban J connectivity index is 1.44. The molecule has 0 atom stereocenters. The van der Waals surface area contributed by atoms with E-state index in [1.54, 1.807) is 17.0 Å². The molecule has 0 aromatic heterocycles. The van der Waals surface area contributed by atoms with E-state index in [9.17, 15) is 9.59 Å². The van der Waals surface area contributed by atoms with Crippen LogP contribution < -0.4 is 14.2 Å². The lowest BCUT2D eigenvalue weighted by Crippen LogP contribution is -2.50. The topological polar surface area (TPSA) is 68.3 Å². The molecule has 1 aliphatic heterocycles. The van der Waals surface area contributed by atoms with Gasteiger partial charge in [-0.25, -0.2) is 0 Å². The van der Waals surface area contributed by atoms with Crippen LogP contribution in [0.15, 0.2) is 36.4 Å². The number of piperazine rings is 1. The third-order valence-electron chi connectivity index (χ3n) is 5.79. The highest BCUT2D eigenvalue weighted by Crippen LogP contribution is 2.38. The van der Waals surface area contributed by atoms with Crippen LogP contribution in [0.2, 0.25) is 0 Å². The maximum Gasteiger partial charge on any atom is 0.254 e. The number of benzene rings is 2. The summed E-state index contributed by atoms with van der Waals surface area (Å²) in [4.78, 5) is 29.6. The molecular formula is C24H26N2O5. The van der Waals surface area contributed by atoms with Crippen molar-refractivity contribution in [3.05, 3.63) is 58.7 Å². The smallest absolute Gasteiger partial charge is 0.254 e. The quantitative estimate of drug-likeness (QED) is 0.741. The molecule has 7 nitrogen and oxygen atoms in total. The van der Waals surface area contributed by atoms with Crippen LogP contribution in [-0.4, -0.2) is 69.1 Å². The van der Waals surface area contributed by atoms with Crippen molar-refractivity contribution in [2.45, 2.75) is 6.42 Å². The number of rotatable bonds is 5. The average Bonchev–Trinajstić information content (AvgIpc) is 3.30. The Kier molecular flexibility index (Phi) is 5.84. The standard InChI is InChI=1S/C24H26N2O5/c1-29-20-14-19(15-21(30-2)22(20)31-3)24(28)26-11-9-25(10-12-26)23(27)18-8-7-16-5-4-6-17(16)13-18/h4-5,7-8,13-15H,6,9-12H2,1-3H3. The van der Waals surface area contributed by atoms with Crippen molar-refractivity contribution < 1.29 is 23.8 Å². The summed E-state index contributed by atoms with van der Waals surface area (Å²) < 4.78 is 16.0. The summed E-state index contributed by atoms with van der Waals surface area (Å²) in [5.41, 5.74) is 3.52. The van der Waals surface area contributed by atoms with Gasteiger partial charge in [0.25, 0.3) is 11.8 Å². The molecule has 162 valence electrons. The highest BCUT2D eigenvalue weighted by molar-refractivity contribution is 5.97. The molecule has 2 aromatic rings. The third kappa shape index (κ3) is 3.95. The SMILES string of the molecule is COc1cc(C(=O)N2CCN(C(=O)c3ccc4c(c3)CC=C4)CC2)cc(OC)c1OC. The van der Waals surface area contributed by atoms with Gasteiger partial charge < -0.3 is 24.0 Å². The molecule has 0 bridgehead atoms. The average molecular weight is 422 g/mol. The zero-order chi connectivity index (χ0) is 22.0. The van der Waals surface area contributed by atoms with Gasteiger partial charge in [0.15, 0.2) is 11.5 Å². The number of amides is 2. The van der Waals surface area contributed by atoms with Crippen LogP contribution in [0.3, 0.4) is 0 Å². The summed E-state index contributed by atoms with van der Waals surface area (Å²) in [7, 11) is 4.56. The summed E-state index contributed by atoms with van der Waals surface area (Å²) in [6.07, 6.45) is 5.05. The molecule has 4 rings (SSSR count). The first-order valence-corrected chi connectivity index (χ1v) is 10.2. The first-order valence-electron chi connectivity index (χ1n) is 10.2. The molecule has 2 aliphatic rings. The largest absolute Gasteiger partial charge is 0.493 e. The van der Waals surface area contributed by atoms with Crippen LogP contribution in [0.5, 0.6) is 17.2 Å². The van der Waals surface area contributed by atoms with Gasteiger partial charge in [-0.05, 0) is 41.8 Å². The number of hydrogen-bond donors (Lipinski definition) is 0. The van der Waals surface area contributed by atoms with Crippen LogP contribution in [0.4, 0.5) is 0 Å². The van der Waals surface area contributed by atoms with E-state index in [1.807, 2.05) is 23.1 Å². The molecule has 0 radical (unpaired) electrons. The number of carbonyl (C=O) groups is 2. The molecular weight excluding hydrogens is 396 g/mol. The Bertz CT molecular complexity index is 1010. The van der Waals surface area contributed by atoms with Crippen molar-refractivity contribution in [2.75, 3.05) is 47.5 Å². The third-order valence-corrected chi connectivity index (χ3v) is 5.79. The van der Waals surface area contributed by atoms with E-state index in [-0.39, 0.29) is 11.8 Å². The molecule has 0 unspecified atom stereocenters. The van der Waals surface area contributed by atoms with E-state index in [0.29, 0.717) is 54.6 Å². The minimum Gasteiger partial charge on any atom is -0.493 e. The van der Waals surface area contributed by atoms with Crippen molar-refractivity contribution >= 4 is 17.9 Å². The predicted octanol–water partition coefficient (Wildman–Crippen LogP) is 2.88. The summed E-state index contributed by atoms with van der Waals surface area (Å²) in [6.45, 7) is 1.91. The first kappa shape index (κ1) is 20.8. The van der Waals surface area contributed by atoms with Crippen molar-refractivity contribution in [2.24, 2.45) is 0 Å². The van der Waals surface area contributed by atoms with Gasteiger partial charge >= 0.3 is 0 Å². The normalized spacial score (nSPS) is 14.9. The van der Waals surface area contributed by atoms with Crippen molar-refractivity contribution in [1.82, 2.24) is 9.80 Å². The number of methoxy groups -OCH3 is 3. The van der Waals surface area contributed by atoms with Gasteiger partial charge in [0.05, 0.1) is 21.3 Å². The second kappa shape index (κ2) is 8.71. The van der Waals surface area contributed by atoms with E-state index in [0.717, 1.165) is 6.42 Å². The van der Waals surface area contributed by atoms with Gasteiger partial charge in [-0.2, -0.15) is 0 Å². The lowest BCUT2D eigenvalue weighted by Gasteiger charge is -2.35. The first-order chi connectivity index (χ1) is 15.0. The molecule has 1 aliphatic carbocycles. The molecule has 2 aromatic carbocycles. The van der Waals surface area contributed by atoms with Crippen LogP contribution in [0.1, 0.15) is 31.8 Å². The molecule has 1 saturated heterocycles. The van der Waals surface area contributed by atoms with Gasteiger partial charge in [-0.3, -0.25) is 9.59 Å². The van der Waals surface area contributed by atoms with Gasteiger partial charge in [0.1, 0.15) is 0 Å². The minimum atomic E-state index is -0.130. The summed E-state index contributed by atoms with van der Waals surface area (Å²) in [5, 5.41) is 0. The van der Waals surface area contributed by atoms with Crippen molar-refractivity contribution in [3.8, 4) is 17.2 Å². The Labute approximate surface area is 181 Å². The van der Waals surface area contributed by atoms with Crippen LogP contribution in [0.25, 0.3) is 6.08 Å². The van der Waals surface area contributed by atoms with Crippen molar-refractivity contribution in [3.63, 3.8) is 0 Å². The van der Waals surface area contributed by atoms with Gasteiger partial charge in [0.2, 0.25) is 5.75 Å². The number of ether oxygens (including phenoxy) is 3. The van der Waals surface area contributed by atoms with E-state index in [4.69, 9.17) is 14.2 Å². The van der Waals surface area contributed by atoms with E-state index in [1.165, 1.54) is 32.5 Å². The monoisotopic (exact) mass is 422 g/mol. The van der Waals surface area contributed by atoms with Crippen molar-refractivity contribution in [1.29, 1.82) is 0 Å². The van der Waals surface area contributed by atoms with E-state index in [2.05, 4.69) is 12.2 Å². The Morgan fingerprint density at radius 2 is 1.35 bits per heavy atom. The fourth-order valence-corrected chi connectivity index (χ4v) is 4.07. The number of allylic oxidation sites excluding steroid dienone is 1. The minimum absolute atomic E-state index is 0.00887. The van der Waals surface area contributed by atoms with Crippen LogP contribution in [-0.2, 0) is 6.42 Å². The fraction of sp³-hybridized carbons (Fsp3) is 0.333. The number of carbonyl (C=O) groups excluding carboxylic acids is 2. The zero-order valence-corrected chi connectivity index (χ0v) is 18.0. The number of nitrogens with zero attached hydrogens (tertiary/aromatic N) is 2. The maximum absolute atomic E-state index is 13.1. The van der Waals surface area contributed by atoms with Gasteiger partial charge in [-0.1, -0.05) is 18.2 Å². The number of hydrogen-bond acceptors (Lipinski definition) is 5. The lowest BCUT2D eigenvalue weighted by molar-refractivity contribution is 0.0535. The highest BCUT2D eigenvalue weighted by atomic mass is 16.5. The Hall–Kier alpha value is -3.48. The maximum atomic E-state index is 13.1. The van der Waals surface area contributed by atoms with Gasteiger partial charge in [0, 0.05) is 37.3 Å². The number of fused-ring (bicyclic) bond motifs is 1. The molecule has 1 heterocycles. The van der Waals surface area contributed by atoms with E-state index < -0.39 is 0 Å².